The summed E-state index contributed by atoms with van der Waals surface area (Å²) >= 11 is 0. The van der Waals surface area contributed by atoms with Gasteiger partial charge in [0.1, 0.15) is 0 Å². The first-order valence-corrected chi connectivity index (χ1v) is 10.7. The van der Waals surface area contributed by atoms with Gasteiger partial charge in [-0.25, -0.2) is 0 Å². The molecule has 1 unspecified atom stereocenters. The van der Waals surface area contributed by atoms with Gasteiger partial charge in [0.05, 0.1) is 6.67 Å². The smallest absolute Gasteiger partial charge is 0.0509 e. The summed E-state index contributed by atoms with van der Waals surface area (Å²) in [6, 6.07) is 12.6. The van der Waals surface area contributed by atoms with E-state index >= 15 is 0 Å². The molecule has 0 aliphatic carbocycles. The molecule has 0 amide bonds. The van der Waals surface area contributed by atoms with Gasteiger partial charge >= 0.3 is 0 Å². The minimum atomic E-state index is 0.807. The SMILES string of the molecule is CN1CCCC1CCN1CCN(C2CCN(Cc3ccccc3)CC2)C1. The standard InChI is InChI=1S/C22H36N4/c1-23-12-5-8-21(23)9-15-25-16-17-26(19-25)22-10-13-24(14-11-22)18-20-6-3-2-4-7-20/h2-4,6-7,21-22H,5,8-19H2,1H3. The number of hydrogen-bond acceptors (Lipinski definition) is 4. The molecule has 4 heteroatoms. The van der Waals surface area contributed by atoms with Crippen LogP contribution in [0, 0.1) is 0 Å². The maximum atomic E-state index is 2.76. The lowest BCUT2D eigenvalue weighted by Crippen LogP contribution is -2.44. The molecular weight excluding hydrogens is 320 g/mol. The molecule has 0 aromatic heterocycles. The van der Waals surface area contributed by atoms with Crippen molar-refractivity contribution in [2.75, 3.05) is 53.0 Å². The quantitative estimate of drug-likeness (QED) is 0.777. The van der Waals surface area contributed by atoms with Crippen LogP contribution >= 0.6 is 0 Å². The van der Waals surface area contributed by atoms with Gasteiger partial charge in [0.15, 0.2) is 0 Å². The van der Waals surface area contributed by atoms with Crippen LogP contribution in [0.1, 0.15) is 37.7 Å². The van der Waals surface area contributed by atoms with Crippen molar-refractivity contribution in [3.63, 3.8) is 0 Å². The lowest BCUT2D eigenvalue weighted by Gasteiger charge is -2.36. The van der Waals surface area contributed by atoms with Crippen molar-refractivity contribution in [2.24, 2.45) is 0 Å². The fourth-order valence-corrected chi connectivity index (χ4v) is 5.11. The largest absolute Gasteiger partial charge is 0.303 e. The predicted octanol–water partition coefficient (Wildman–Crippen LogP) is 2.71. The van der Waals surface area contributed by atoms with Gasteiger partial charge in [-0.05, 0) is 64.3 Å². The third kappa shape index (κ3) is 4.66. The van der Waals surface area contributed by atoms with Gasteiger partial charge in [-0.3, -0.25) is 14.7 Å². The minimum absolute atomic E-state index is 0.807. The molecule has 3 saturated heterocycles. The average Bonchev–Trinajstić information content (AvgIpc) is 3.30. The number of nitrogens with zero attached hydrogens (tertiary/aromatic N) is 4. The molecule has 1 aromatic carbocycles. The first-order valence-electron chi connectivity index (χ1n) is 10.7. The second-order valence-corrected chi connectivity index (χ2v) is 8.63. The van der Waals surface area contributed by atoms with E-state index in [0.29, 0.717) is 0 Å². The van der Waals surface area contributed by atoms with E-state index in [1.54, 1.807) is 0 Å². The third-order valence-corrected chi connectivity index (χ3v) is 6.86. The summed E-state index contributed by atoms with van der Waals surface area (Å²) in [5.41, 5.74) is 1.45. The predicted molar refractivity (Wildman–Crippen MR) is 108 cm³/mol. The Morgan fingerprint density at radius 1 is 0.885 bits per heavy atom. The molecular formula is C22H36N4. The van der Waals surface area contributed by atoms with Crippen LogP contribution in [0.15, 0.2) is 30.3 Å². The second-order valence-electron chi connectivity index (χ2n) is 8.63. The fourth-order valence-electron chi connectivity index (χ4n) is 5.11. The maximum absolute atomic E-state index is 2.76. The molecule has 0 saturated carbocycles. The zero-order valence-corrected chi connectivity index (χ0v) is 16.5. The number of piperidine rings is 1. The van der Waals surface area contributed by atoms with Crippen LogP contribution in [0.4, 0.5) is 0 Å². The van der Waals surface area contributed by atoms with Crippen molar-refractivity contribution in [1.82, 2.24) is 19.6 Å². The Kier molecular flexibility index (Phi) is 6.26. The van der Waals surface area contributed by atoms with Crippen molar-refractivity contribution in [3.8, 4) is 0 Å². The van der Waals surface area contributed by atoms with Gasteiger partial charge in [0.2, 0.25) is 0 Å². The van der Waals surface area contributed by atoms with E-state index in [2.05, 4.69) is 57.0 Å². The van der Waals surface area contributed by atoms with E-state index in [4.69, 9.17) is 0 Å². The van der Waals surface area contributed by atoms with Gasteiger partial charge in [-0.1, -0.05) is 30.3 Å². The van der Waals surface area contributed by atoms with E-state index in [0.717, 1.165) is 18.6 Å². The van der Waals surface area contributed by atoms with Crippen molar-refractivity contribution in [1.29, 1.82) is 0 Å². The van der Waals surface area contributed by atoms with E-state index in [9.17, 15) is 0 Å². The average molecular weight is 357 g/mol. The fraction of sp³-hybridized carbons (Fsp3) is 0.727. The van der Waals surface area contributed by atoms with Crippen molar-refractivity contribution in [3.05, 3.63) is 35.9 Å². The third-order valence-electron chi connectivity index (χ3n) is 6.86. The van der Waals surface area contributed by atoms with Crippen LogP contribution in [-0.4, -0.2) is 84.7 Å². The molecule has 0 radical (unpaired) electrons. The van der Waals surface area contributed by atoms with Crippen LogP contribution in [0.3, 0.4) is 0 Å². The maximum Gasteiger partial charge on any atom is 0.0509 e. The highest BCUT2D eigenvalue weighted by Gasteiger charge is 2.30. The molecule has 3 aliphatic rings. The Morgan fingerprint density at radius 2 is 1.69 bits per heavy atom. The van der Waals surface area contributed by atoms with E-state index < -0.39 is 0 Å². The highest BCUT2D eigenvalue weighted by molar-refractivity contribution is 5.14. The number of rotatable bonds is 6. The lowest BCUT2D eigenvalue weighted by molar-refractivity contribution is 0.106. The summed E-state index contributed by atoms with van der Waals surface area (Å²) in [6.45, 7) is 9.99. The van der Waals surface area contributed by atoms with Crippen LogP contribution in [0.5, 0.6) is 0 Å². The summed E-state index contributed by atoms with van der Waals surface area (Å²) in [4.78, 5) is 10.7. The Hall–Kier alpha value is -0.940. The van der Waals surface area contributed by atoms with Crippen molar-refractivity contribution < 1.29 is 0 Å². The molecule has 0 N–H and O–H groups in total. The number of hydrogen-bond donors (Lipinski definition) is 0. The van der Waals surface area contributed by atoms with Gasteiger partial charge in [-0.2, -0.15) is 0 Å². The van der Waals surface area contributed by atoms with Gasteiger partial charge in [-0.15, -0.1) is 0 Å². The van der Waals surface area contributed by atoms with E-state index in [1.165, 1.54) is 83.6 Å². The van der Waals surface area contributed by atoms with Crippen molar-refractivity contribution >= 4 is 0 Å². The Morgan fingerprint density at radius 3 is 2.42 bits per heavy atom. The van der Waals surface area contributed by atoms with E-state index in [1.807, 2.05) is 0 Å². The molecule has 144 valence electrons. The van der Waals surface area contributed by atoms with Crippen LogP contribution < -0.4 is 0 Å². The lowest BCUT2D eigenvalue weighted by atomic mass is 10.0. The normalized spacial score (nSPS) is 27.5. The zero-order valence-electron chi connectivity index (χ0n) is 16.5. The molecule has 0 spiro atoms. The minimum Gasteiger partial charge on any atom is -0.303 e. The molecule has 4 rings (SSSR count). The molecule has 0 bridgehead atoms. The topological polar surface area (TPSA) is 13.0 Å². The first-order chi connectivity index (χ1) is 12.8. The van der Waals surface area contributed by atoms with Crippen LogP contribution in [0.25, 0.3) is 0 Å². The molecule has 3 heterocycles. The van der Waals surface area contributed by atoms with E-state index in [-0.39, 0.29) is 0 Å². The Balaban J connectivity index is 1.17. The summed E-state index contributed by atoms with van der Waals surface area (Å²) in [6.07, 6.45) is 6.85. The van der Waals surface area contributed by atoms with Crippen molar-refractivity contribution in [2.45, 2.75) is 50.7 Å². The Labute approximate surface area is 159 Å². The highest BCUT2D eigenvalue weighted by Crippen LogP contribution is 2.23. The molecule has 3 fully saturated rings. The van der Waals surface area contributed by atoms with Gasteiger partial charge < -0.3 is 4.90 Å². The number of likely N-dealkylation sites (tertiary alicyclic amines) is 2. The molecule has 1 atom stereocenters. The zero-order chi connectivity index (χ0) is 17.8. The highest BCUT2D eigenvalue weighted by atomic mass is 15.4. The monoisotopic (exact) mass is 356 g/mol. The summed E-state index contributed by atoms with van der Waals surface area (Å²) < 4.78 is 0. The van der Waals surface area contributed by atoms with Gasteiger partial charge in [0.25, 0.3) is 0 Å². The first kappa shape index (κ1) is 18.4. The van der Waals surface area contributed by atoms with Gasteiger partial charge in [0, 0.05) is 38.3 Å². The summed E-state index contributed by atoms with van der Waals surface area (Å²) in [5.74, 6) is 0. The summed E-state index contributed by atoms with van der Waals surface area (Å²) in [7, 11) is 2.30. The molecule has 4 nitrogen and oxygen atoms in total. The van der Waals surface area contributed by atoms with Crippen LogP contribution in [-0.2, 0) is 6.54 Å². The molecule has 1 aromatic rings. The van der Waals surface area contributed by atoms with Crippen LogP contribution in [0.2, 0.25) is 0 Å². The molecule has 26 heavy (non-hydrogen) atoms. The summed E-state index contributed by atoms with van der Waals surface area (Å²) in [5, 5.41) is 0. The molecule has 3 aliphatic heterocycles. The Bertz CT molecular complexity index is 540. The second kappa shape index (κ2) is 8.83. The number of benzene rings is 1.